The van der Waals surface area contributed by atoms with Crippen molar-refractivity contribution in [3.05, 3.63) is 60.4 Å². The summed E-state index contributed by atoms with van der Waals surface area (Å²) >= 11 is 0. The molecule has 0 aromatic heterocycles. The minimum Gasteiger partial charge on any atom is -0.355 e. The number of hydrogen-bond acceptors (Lipinski definition) is 5. The van der Waals surface area contributed by atoms with Gasteiger partial charge in [-0.25, -0.2) is 12.8 Å². The van der Waals surface area contributed by atoms with E-state index in [0.717, 1.165) is 0 Å². The average molecular weight is 475 g/mol. The summed E-state index contributed by atoms with van der Waals surface area (Å²) in [4.78, 5) is 28.8. The first kappa shape index (κ1) is 23.3. The maximum atomic E-state index is 13.1. The molecule has 2 amide bonds. The largest absolute Gasteiger partial charge is 0.355 e. The van der Waals surface area contributed by atoms with Crippen LogP contribution in [0.1, 0.15) is 6.42 Å². The molecule has 2 saturated heterocycles. The van der Waals surface area contributed by atoms with Crippen LogP contribution in [-0.2, 0) is 19.6 Å². The van der Waals surface area contributed by atoms with Gasteiger partial charge in [0.25, 0.3) is 0 Å². The third-order valence-electron chi connectivity index (χ3n) is 6.07. The van der Waals surface area contributed by atoms with Gasteiger partial charge in [-0.15, -0.1) is 0 Å². The molecule has 0 spiro atoms. The van der Waals surface area contributed by atoms with Crippen LogP contribution in [0.3, 0.4) is 0 Å². The van der Waals surface area contributed by atoms with E-state index in [9.17, 15) is 22.4 Å². The van der Waals surface area contributed by atoms with Crippen molar-refractivity contribution >= 4 is 27.5 Å². The van der Waals surface area contributed by atoms with Gasteiger partial charge in [0, 0.05) is 57.9 Å². The number of amides is 2. The van der Waals surface area contributed by atoms with Gasteiger partial charge in [0.2, 0.25) is 21.8 Å². The first-order valence-electron chi connectivity index (χ1n) is 11.0. The standard InChI is InChI=1S/C23H27FN4O4S/c24-19-6-8-20(9-7-19)28-17-18(16-22(28)29)23(30)25-10-11-26-12-14-27(15-13-26)33(31,32)21-4-2-1-3-5-21/h1-9,18H,10-17H2,(H,25,30). The van der Waals surface area contributed by atoms with Crippen LogP contribution in [0.4, 0.5) is 10.1 Å². The Hall–Kier alpha value is -2.82. The van der Waals surface area contributed by atoms with E-state index in [0.29, 0.717) is 49.9 Å². The van der Waals surface area contributed by atoms with E-state index in [2.05, 4.69) is 10.2 Å². The highest BCUT2D eigenvalue weighted by Crippen LogP contribution is 2.25. The number of nitrogens with one attached hydrogen (secondary N) is 1. The summed E-state index contributed by atoms with van der Waals surface area (Å²) in [6.45, 7) is 3.26. The van der Waals surface area contributed by atoms with Gasteiger partial charge in [-0.05, 0) is 36.4 Å². The van der Waals surface area contributed by atoms with E-state index in [1.807, 2.05) is 0 Å². The van der Waals surface area contributed by atoms with Gasteiger partial charge >= 0.3 is 0 Å². The molecular formula is C23H27FN4O4S. The lowest BCUT2D eigenvalue weighted by Crippen LogP contribution is -2.50. The van der Waals surface area contributed by atoms with E-state index in [1.54, 1.807) is 30.3 Å². The number of carbonyl (C=O) groups excluding carboxylic acids is 2. The van der Waals surface area contributed by atoms with Crippen molar-refractivity contribution in [3.63, 3.8) is 0 Å². The number of carbonyl (C=O) groups is 2. The normalized spacial score (nSPS) is 20.2. The molecule has 2 fully saturated rings. The molecule has 2 aromatic rings. The van der Waals surface area contributed by atoms with Gasteiger partial charge in [-0.2, -0.15) is 4.31 Å². The Morgan fingerprint density at radius 1 is 1.00 bits per heavy atom. The van der Waals surface area contributed by atoms with Crippen molar-refractivity contribution in [1.29, 1.82) is 0 Å². The number of benzene rings is 2. The van der Waals surface area contributed by atoms with Crippen LogP contribution in [0.2, 0.25) is 0 Å². The van der Waals surface area contributed by atoms with Gasteiger partial charge < -0.3 is 10.2 Å². The van der Waals surface area contributed by atoms with Crippen molar-refractivity contribution < 1.29 is 22.4 Å². The van der Waals surface area contributed by atoms with Crippen molar-refractivity contribution in [2.45, 2.75) is 11.3 Å². The SMILES string of the molecule is O=C(NCCN1CCN(S(=O)(=O)c2ccccc2)CC1)C1CC(=O)N(c2ccc(F)cc2)C1. The molecule has 176 valence electrons. The highest BCUT2D eigenvalue weighted by molar-refractivity contribution is 7.89. The topological polar surface area (TPSA) is 90.0 Å². The number of sulfonamides is 1. The summed E-state index contributed by atoms with van der Waals surface area (Å²) in [6.07, 6.45) is 0.124. The highest BCUT2D eigenvalue weighted by atomic mass is 32.2. The predicted molar refractivity (Wildman–Crippen MR) is 122 cm³/mol. The first-order chi connectivity index (χ1) is 15.8. The molecule has 0 bridgehead atoms. The molecular weight excluding hydrogens is 447 g/mol. The Morgan fingerprint density at radius 2 is 1.67 bits per heavy atom. The van der Waals surface area contributed by atoms with Crippen LogP contribution in [-0.4, -0.2) is 75.3 Å². The van der Waals surface area contributed by atoms with Crippen LogP contribution in [0.25, 0.3) is 0 Å². The zero-order valence-corrected chi connectivity index (χ0v) is 19.0. The van der Waals surface area contributed by atoms with E-state index in [1.165, 1.54) is 33.5 Å². The number of halogens is 1. The third kappa shape index (κ3) is 5.40. The van der Waals surface area contributed by atoms with E-state index < -0.39 is 15.9 Å². The lowest BCUT2D eigenvalue weighted by molar-refractivity contribution is -0.126. The second-order valence-corrected chi connectivity index (χ2v) is 10.2. The van der Waals surface area contributed by atoms with Crippen LogP contribution >= 0.6 is 0 Å². The Kier molecular flexibility index (Phi) is 7.06. The molecule has 0 aliphatic carbocycles. The molecule has 1 atom stereocenters. The molecule has 10 heteroatoms. The van der Waals surface area contributed by atoms with E-state index >= 15 is 0 Å². The fourth-order valence-corrected chi connectivity index (χ4v) is 5.61. The fraction of sp³-hybridized carbons (Fsp3) is 0.391. The Bertz CT molecular complexity index is 1090. The molecule has 2 aliphatic rings. The van der Waals surface area contributed by atoms with Crippen molar-refractivity contribution in [2.75, 3.05) is 50.7 Å². The van der Waals surface area contributed by atoms with Gasteiger partial charge in [0.05, 0.1) is 10.8 Å². The zero-order chi connectivity index (χ0) is 23.4. The maximum absolute atomic E-state index is 13.1. The van der Waals surface area contributed by atoms with Crippen molar-refractivity contribution in [1.82, 2.24) is 14.5 Å². The van der Waals surface area contributed by atoms with Crippen LogP contribution < -0.4 is 10.2 Å². The Morgan fingerprint density at radius 3 is 2.33 bits per heavy atom. The summed E-state index contributed by atoms with van der Waals surface area (Å²) in [5.74, 6) is -1.16. The summed E-state index contributed by atoms with van der Waals surface area (Å²) < 4.78 is 40.0. The molecule has 8 nitrogen and oxygen atoms in total. The van der Waals surface area contributed by atoms with Gasteiger partial charge in [0.1, 0.15) is 5.82 Å². The average Bonchev–Trinajstić information content (AvgIpc) is 3.22. The molecule has 0 radical (unpaired) electrons. The summed E-state index contributed by atoms with van der Waals surface area (Å²) in [5, 5.41) is 2.89. The monoisotopic (exact) mass is 474 g/mol. The molecule has 0 saturated carbocycles. The van der Waals surface area contributed by atoms with Crippen LogP contribution in [0.5, 0.6) is 0 Å². The lowest BCUT2D eigenvalue weighted by atomic mass is 10.1. The highest BCUT2D eigenvalue weighted by Gasteiger charge is 2.35. The fourth-order valence-electron chi connectivity index (χ4n) is 4.17. The minimum absolute atomic E-state index is 0.124. The Balaban J connectivity index is 1.21. The first-order valence-corrected chi connectivity index (χ1v) is 12.4. The van der Waals surface area contributed by atoms with Gasteiger partial charge in [-0.1, -0.05) is 18.2 Å². The number of rotatable bonds is 7. The van der Waals surface area contributed by atoms with E-state index in [-0.39, 0.29) is 30.6 Å². The number of hydrogen-bond donors (Lipinski definition) is 1. The number of nitrogens with zero attached hydrogens (tertiary/aromatic N) is 3. The number of piperazine rings is 1. The summed E-state index contributed by atoms with van der Waals surface area (Å²) in [7, 11) is -3.49. The second-order valence-electron chi connectivity index (χ2n) is 8.23. The van der Waals surface area contributed by atoms with Crippen LogP contribution in [0, 0.1) is 11.7 Å². The zero-order valence-electron chi connectivity index (χ0n) is 18.2. The molecule has 1 N–H and O–H groups in total. The molecule has 33 heavy (non-hydrogen) atoms. The molecule has 1 unspecified atom stereocenters. The summed E-state index contributed by atoms with van der Waals surface area (Å²) in [5.41, 5.74) is 0.583. The number of anilines is 1. The molecule has 4 rings (SSSR count). The quantitative estimate of drug-likeness (QED) is 0.654. The molecule has 2 aliphatic heterocycles. The smallest absolute Gasteiger partial charge is 0.243 e. The van der Waals surface area contributed by atoms with Crippen LogP contribution in [0.15, 0.2) is 59.5 Å². The summed E-state index contributed by atoms with van der Waals surface area (Å²) in [6, 6.07) is 14.1. The maximum Gasteiger partial charge on any atom is 0.243 e. The van der Waals surface area contributed by atoms with Crippen molar-refractivity contribution in [3.8, 4) is 0 Å². The molecule has 2 heterocycles. The minimum atomic E-state index is -3.49. The third-order valence-corrected chi connectivity index (χ3v) is 7.99. The van der Waals surface area contributed by atoms with Crippen molar-refractivity contribution in [2.24, 2.45) is 5.92 Å². The second kappa shape index (κ2) is 9.98. The van der Waals surface area contributed by atoms with E-state index in [4.69, 9.17) is 0 Å². The predicted octanol–water partition coefficient (Wildman–Crippen LogP) is 1.30. The Labute approximate surface area is 193 Å². The van der Waals surface area contributed by atoms with Gasteiger partial charge in [0.15, 0.2) is 0 Å². The van der Waals surface area contributed by atoms with Gasteiger partial charge in [-0.3, -0.25) is 14.5 Å². The molecule has 2 aromatic carbocycles. The lowest BCUT2D eigenvalue weighted by Gasteiger charge is -2.34.